The van der Waals surface area contributed by atoms with Gasteiger partial charge in [0.2, 0.25) is 0 Å². The van der Waals surface area contributed by atoms with Crippen molar-refractivity contribution in [2.75, 3.05) is 11.9 Å². The Kier molecular flexibility index (Phi) is 3.75. The van der Waals surface area contributed by atoms with E-state index in [1.807, 2.05) is 42.5 Å². The summed E-state index contributed by atoms with van der Waals surface area (Å²) < 4.78 is 5.38. The lowest BCUT2D eigenvalue weighted by Gasteiger charge is -2.24. The normalized spacial score (nSPS) is 21.2. The van der Waals surface area contributed by atoms with Crippen LogP contribution in [0.15, 0.2) is 42.5 Å². The summed E-state index contributed by atoms with van der Waals surface area (Å²) in [6.07, 6.45) is 1.46. The number of urea groups is 1. The quantitative estimate of drug-likeness (QED) is 0.813. The Morgan fingerprint density at radius 2 is 1.96 bits per heavy atom. The highest BCUT2D eigenvalue weighted by Gasteiger charge is 2.36. The Hall–Kier alpha value is -2.37. The van der Waals surface area contributed by atoms with E-state index in [0.717, 1.165) is 34.4 Å². The molecule has 2 aromatic rings. The van der Waals surface area contributed by atoms with Gasteiger partial charge in [-0.3, -0.25) is 0 Å². The minimum atomic E-state index is -0.986. The van der Waals surface area contributed by atoms with Gasteiger partial charge in [-0.05, 0) is 47.2 Å². The first-order chi connectivity index (χ1) is 11.6. The molecular weight excluding hydrogens is 304 g/mol. The average molecular weight is 324 g/mol. The minimum absolute atomic E-state index is 0.198. The minimum Gasteiger partial charge on any atom is -0.383 e. The van der Waals surface area contributed by atoms with Crippen molar-refractivity contribution in [1.82, 2.24) is 5.32 Å². The second kappa shape index (κ2) is 5.92. The topological polar surface area (TPSA) is 70.6 Å². The van der Waals surface area contributed by atoms with Gasteiger partial charge < -0.3 is 20.5 Å². The summed E-state index contributed by atoms with van der Waals surface area (Å²) >= 11 is 0. The molecule has 0 radical (unpaired) electrons. The van der Waals surface area contributed by atoms with Crippen LogP contribution in [0.3, 0.4) is 0 Å². The number of fused-ring (bicyclic) bond motifs is 2. The first kappa shape index (κ1) is 15.2. The van der Waals surface area contributed by atoms with Crippen LogP contribution in [-0.4, -0.2) is 17.7 Å². The lowest BCUT2D eigenvalue weighted by atomic mass is 9.96. The molecule has 0 bridgehead atoms. The maximum atomic E-state index is 12.2. The fourth-order valence-electron chi connectivity index (χ4n) is 3.50. The monoisotopic (exact) mass is 324 g/mol. The van der Waals surface area contributed by atoms with Gasteiger partial charge in [0, 0.05) is 5.69 Å². The van der Waals surface area contributed by atoms with Crippen molar-refractivity contribution in [2.24, 2.45) is 0 Å². The van der Waals surface area contributed by atoms with Crippen molar-refractivity contribution in [1.29, 1.82) is 0 Å². The molecule has 0 saturated heterocycles. The van der Waals surface area contributed by atoms with Crippen molar-refractivity contribution in [3.05, 3.63) is 64.7 Å². The highest BCUT2D eigenvalue weighted by Crippen LogP contribution is 2.36. The molecule has 2 amide bonds. The van der Waals surface area contributed by atoms with Crippen LogP contribution in [0.1, 0.15) is 28.7 Å². The zero-order valence-corrected chi connectivity index (χ0v) is 13.3. The third-order valence-corrected chi connectivity index (χ3v) is 4.85. The van der Waals surface area contributed by atoms with Crippen LogP contribution in [0, 0.1) is 0 Å². The Balaban J connectivity index is 1.39. The van der Waals surface area contributed by atoms with E-state index >= 15 is 0 Å². The van der Waals surface area contributed by atoms with E-state index in [1.165, 1.54) is 0 Å². The van der Waals surface area contributed by atoms with E-state index in [-0.39, 0.29) is 12.6 Å². The number of amides is 2. The van der Waals surface area contributed by atoms with Crippen LogP contribution in [-0.2, 0) is 30.0 Å². The molecular formula is C19H20N2O3. The Morgan fingerprint density at radius 1 is 1.12 bits per heavy atom. The lowest BCUT2D eigenvalue weighted by Crippen LogP contribution is -2.41. The van der Waals surface area contributed by atoms with Crippen LogP contribution >= 0.6 is 0 Å². The average Bonchev–Trinajstić information content (AvgIpc) is 3.18. The number of anilines is 1. The molecule has 124 valence electrons. The van der Waals surface area contributed by atoms with Crippen molar-refractivity contribution < 1.29 is 14.6 Å². The molecule has 5 nitrogen and oxygen atoms in total. The molecule has 3 N–H and O–H groups in total. The highest BCUT2D eigenvalue weighted by atomic mass is 16.5. The molecule has 0 aromatic heterocycles. The fourth-order valence-corrected chi connectivity index (χ4v) is 3.50. The maximum absolute atomic E-state index is 12.2. The molecule has 0 saturated carbocycles. The van der Waals surface area contributed by atoms with Crippen LogP contribution in [0.25, 0.3) is 0 Å². The summed E-state index contributed by atoms with van der Waals surface area (Å²) in [4.78, 5) is 12.2. The molecule has 0 fully saturated rings. The van der Waals surface area contributed by atoms with E-state index in [4.69, 9.17) is 4.74 Å². The Bertz CT molecular complexity index is 790. The maximum Gasteiger partial charge on any atom is 0.319 e. The summed E-state index contributed by atoms with van der Waals surface area (Å²) in [6, 6.07) is 13.3. The SMILES string of the molecule is O=C(NCC1(O)CCc2ccccc21)Nc1ccc2c(c1)COC2. The first-order valence-corrected chi connectivity index (χ1v) is 8.19. The molecule has 1 aliphatic heterocycles. The summed E-state index contributed by atoms with van der Waals surface area (Å²) in [5, 5.41) is 16.4. The number of hydrogen-bond donors (Lipinski definition) is 3. The summed E-state index contributed by atoms with van der Waals surface area (Å²) in [5.41, 5.74) is 4.09. The van der Waals surface area contributed by atoms with E-state index in [2.05, 4.69) is 10.6 Å². The molecule has 1 unspecified atom stereocenters. The predicted octanol–water partition coefficient (Wildman–Crippen LogP) is 2.67. The molecule has 4 rings (SSSR count). The standard InChI is InChI=1S/C19H20N2O3/c22-18(21-16-6-5-14-10-24-11-15(14)9-16)20-12-19(23)8-7-13-3-1-2-4-17(13)19/h1-6,9,23H,7-8,10-12H2,(H2,20,21,22). The van der Waals surface area contributed by atoms with Gasteiger partial charge in [0.15, 0.2) is 0 Å². The molecule has 0 spiro atoms. The van der Waals surface area contributed by atoms with Gasteiger partial charge in [-0.25, -0.2) is 4.79 Å². The number of ether oxygens (including phenoxy) is 1. The van der Waals surface area contributed by atoms with E-state index in [9.17, 15) is 9.90 Å². The zero-order valence-electron chi connectivity index (χ0n) is 13.3. The number of aliphatic hydroxyl groups is 1. The van der Waals surface area contributed by atoms with Crippen LogP contribution in [0.4, 0.5) is 10.5 Å². The molecule has 2 aliphatic rings. The molecule has 1 heterocycles. The second-order valence-electron chi connectivity index (χ2n) is 6.47. The van der Waals surface area contributed by atoms with Crippen molar-refractivity contribution in [2.45, 2.75) is 31.7 Å². The van der Waals surface area contributed by atoms with Gasteiger partial charge in [0.05, 0.1) is 19.8 Å². The van der Waals surface area contributed by atoms with Gasteiger partial charge in [-0.1, -0.05) is 30.3 Å². The predicted molar refractivity (Wildman–Crippen MR) is 90.6 cm³/mol. The molecule has 2 aromatic carbocycles. The van der Waals surface area contributed by atoms with Gasteiger partial charge in [-0.15, -0.1) is 0 Å². The van der Waals surface area contributed by atoms with Crippen LogP contribution < -0.4 is 10.6 Å². The number of carbonyl (C=O) groups is 1. The Labute approximate surface area is 140 Å². The molecule has 1 aliphatic carbocycles. The van der Waals surface area contributed by atoms with Gasteiger partial charge in [0.25, 0.3) is 0 Å². The van der Waals surface area contributed by atoms with E-state index < -0.39 is 5.60 Å². The largest absolute Gasteiger partial charge is 0.383 e. The number of hydrogen-bond acceptors (Lipinski definition) is 3. The van der Waals surface area contributed by atoms with Gasteiger partial charge in [0.1, 0.15) is 5.60 Å². The second-order valence-corrected chi connectivity index (χ2v) is 6.47. The van der Waals surface area contributed by atoms with Crippen LogP contribution in [0.2, 0.25) is 0 Å². The van der Waals surface area contributed by atoms with E-state index in [0.29, 0.717) is 19.6 Å². The van der Waals surface area contributed by atoms with Gasteiger partial charge >= 0.3 is 6.03 Å². The van der Waals surface area contributed by atoms with Crippen LogP contribution in [0.5, 0.6) is 0 Å². The number of aryl methyl sites for hydroxylation is 1. The number of carbonyl (C=O) groups excluding carboxylic acids is 1. The van der Waals surface area contributed by atoms with Crippen molar-refractivity contribution in [3.8, 4) is 0 Å². The van der Waals surface area contributed by atoms with Crippen molar-refractivity contribution in [3.63, 3.8) is 0 Å². The van der Waals surface area contributed by atoms with Crippen molar-refractivity contribution >= 4 is 11.7 Å². The molecule has 5 heteroatoms. The number of nitrogens with one attached hydrogen (secondary N) is 2. The lowest BCUT2D eigenvalue weighted by molar-refractivity contribution is 0.0417. The smallest absolute Gasteiger partial charge is 0.319 e. The summed E-state index contributed by atoms with van der Waals surface area (Å²) in [6.45, 7) is 1.42. The van der Waals surface area contributed by atoms with Gasteiger partial charge in [-0.2, -0.15) is 0 Å². The highest BCUT2D eigenvalue weighted by molar-refractivity contribution is 5.89. The third kappa shape index (κ3) is 2.77. The summed E-state index contributed by atoms with van der Waals surface area (Å²) in [7, 11) is 0. The first-order valence-electron chi connectivity index (χ1n) is 8.19. The molecule has 1 atom stereocenters. The number of benzene rings is 2. The van der Waals surface area contributed by atoms with E-state index in [1.54, 1.807) is 0 Å². The molecule has 24 heavy (non-hydrogen) atoms. The third-order valence-electron chi connectivity index (χ3n) is 4.85. The zero-order chi connectivity index (χ0) is 16.6. The fraction of sp³-hybridized carbons (Fsp3) is 0.316. The Morgan fingerprint density at radius 3 is 2.88 bits per heavy atom. The summed E-state index contributed by atoms with van der Waals surface area (Å²) in [5.74, 6) is 0. The number of rotatable bonds is 3.